The molecule has 1 heterocycles. The lowest BCUT2D eigenvalue weighted by molar-refractivity contribution is -0.384. The van der Waals surface area contributed by atoms with Crippen molar-refractivity contribution in [2.45, 2.75) is 25.8 Å². The SMILES string of the molecule is CC1c2cc([N+](=O)[O-])ccc2N(CCN(C)C)C1C. The summed E-state index contributed by atoms with van der Waals surface area (Å²) in [5.41, 5.74) is 2.43. The Morgan fingerprint density at radius 3 is 2.63 bits per heavy atom. The second kappa shape index (κ2) is 5.17. The van der Waals surface area contributed by atoms with E-state index in [1.165, 1.54) is 0 Å². The van der Waals surface area contributed by atoms with Crippen LogP contribution in [-0.4, -0.2) is 43.0 Å². The Bertz CT molecular complexity index is 488. The molecule has 2 rings (SSSR count). The highest BCUT2D eigenvalue weighted by Gasteiger charge is 2.33. The Balaban J connectivity index is 2.30. The number of nitro groups is 1. The number of likely N-dealkylation sites (N-methyl/N-ethyl adjacent to an activating group) is 1. The molecule has 19 heavy (non-hydrogen) atoms. The summed E-state index contributed by atoms with van der Waals surface area (Å²) in [6.07, 6.45) is 0. The Morgan fingerprint density at radius 2 is 2.05 bits per heavy atom. The average Bonchev–Trinajstić information content (AvgIpc) is 2.59. The van der Waals surface area contributed by atoms with Gasteiger partial charge in [0.2, 0.25) is 0 Å². The zero-order valence-electron chi connectivity index (χ0n) is 12.0. The fraction of sp³-hybridized carbons (Fsp3) is 0.571. The zero-order valence-corrected chi connectivity index (χ0v) is 12.0. The molecule has 0 saturated heterocycles. The summed E-state index contributed by atoms with van der Waals surface area (Å²) in [5.74, 6) is 0.331. The smallest absolute Gasteiger partial charge is 0.269 e. The van der Waals surface area contributed by atoms with Crippen molar-refractivity contribution in [2.75, 3.05) is 32.1 Å². The van der Waals surface area contributed by atoms with Crippen molar-refractivity contribution in [3.63, 3.8) is 0 Å². The number of nitro benzene ring substituents is 1. The van der Waals surface area contributed by atoms with Gasteiger partial charge in [-0.05, 0) is 32.6 Å². The van der Waals surface area contributed by atoms with Crippen LogP contribution in [0.2, 0.25) is 0 Å². The van der Waals surface area contributed by atoms with Crippen LogP contribution >= 0.6 is 0 Å². The molecule has 0 saturated carbocycles. The van der Waals surface area contributed by atoms with Crippen molar-refractivity contribution in [1.82, 2.24) is 4.90 Å². The monoisotopic (exact) mass is 263 g/mol. The van der Waals surface area contributed by atoms with Crippen LogP contribution in [0, 0.1) is 10.1 Å². The molecule has 0 bridgehead atoms. The van der Waals surface area contributed by atoms with Crippen molar-refractivity contribution in [1.29, 1.82) is 0 Å². The van der Waals surface area contributed by atoms with Crippen LogP contribution in [0.1, 0.15) is 25.3 Å². The molecule has 0 amide bonds. The first-order valence-corrected chi connectivity index (χ1v) is 6.61. The number of fused-ring (bicyclic) bond motifs is 1. The number of rotatable bonds is 4. The summed E-state index contributed by atoms with van der Waals surface area (Å²) in [6, 6.07) is 5.61. The lowest BCUT2D eigenvalue weighted by Crippen LogP contribution is -2.36. The van der Waals surface area contributed by atoms with Crippen LogP contribution in [0.15, 0.2) is 18.2 Å². The van der Waals surface area contributed by atoms with Crippen LogP contribution in [0.5, 0.6) is 0 Å². The second-order valence-corrected chi connectivity index (χ2v) is 5.53. The highest BCUT2D eigenvalue weighted by molar-refractivity contribution is 5.64. The highest BCUT2D eigenvalue weighted by atomic mass is 16.6. The van der Waals surface area contributed by atoms with Crippen molar-refractivity contribution < 1.29 is 4.92 Å². The lowest BCUT2D eigenvalue weighted by atomic mass is 9.98. The number of benzene rings is 1. The summed E-state index contributed by atoms with van der Waals surface area (Å²) >= 11 is 0. The van der Waals surface area contributed by atoms with E-state index in [2.05, 4.69) is 37.7 Å². The summed E-state index contributed by atoms with van der Waals surface area (Å²) in [7, 11) is 4.11. The van der Waals surface area contributed by atoms with Crippen LogP contribution in [0.3, 0.4) is 0 Å². The third kappa shape index (κ3) is 2.56. The second-order valence-electron chi connectivity index (χ2n) is 5.53. The molecule has 1 aliphatic heterocycles. The molecule has 0 N–H and O–H groups in total. The molecule has 0 spiro atoms. The fourth-order valence-electron chi connectivity index (χ4n) is 2.66. The number of hydrogen-bond acceptors (Lipinski definition) is 4. The van der Waals surface area contributed by atoms with Crippen LogP contribution in [-0.2, 0) is 0 Å². The summed E-state index contributed by atoms with van der Waals surface area (Å²) < 4.78 is 0. The van der Waals surface area contributed by atoms with Gasteiger partial charge in [-0.2, -0.15) is 0 Å². The maximum absolute atomic E-state index is 10.9. The van der Waals surface area contributed by atoms with Gasteiger partial charge in [0.05, 0.1) is 4.92 Å². The van der Waals surface area contributed by atoms with E-state index in [0.29, 0.717) is 12.0 Å². The highest BCUT2D eigenvalue weighted by Crippen LogP contribution is 2.41. The van der Waals surface area contributed by atoms with Gasteiger partial charge in [0.15, 0.2) is 0 Å². The molecular weight excluding hydrogens is 242 g/mol. The predicted molar refractivity (Wildman–Crippen MR) is 76.9 cm³/mol. The lowest BCUT2D eigenvalue weighted by Gasteiger charge is -2.27. The van der Waals surface area contributed by atoms with Gasteiger partial charge in [0, 0.05) is 42.9 Å². The molecule has 0 fully saturated rings. The molecular formula is C14H21N3O2. The molecule has 0 radical (unpaired) electrons. The maximum atomic E-state index is 10.9. The topological polar surface area (TPSA) is 49.6 Å². The van der Waals surface area contributed by atoms with E-state index in [1.807, 2.05) is 6.07 Å². The molecule has 1 aliphatic rings. The van der Waals surface area contributed by atoms with E-state index < -0.39 is 0 Å². The Hall–Kier alpha value is -1.62. The largest absolute Gasteiger partial charge is 0.367 e. The molecule has 2 unspecified atom stereocenters. The first-order valence-electron chi connectivity index (χ1n) is 6.61. The minimum atomic E-state index is -0.319. The normalized spacial score (nSPS) is 21.8. The third-order valence-corrected chi connectivity index (χ3v) is 4.03. The van der Waals surface area contributed by atoms with Crippen LogP contribution in [0.25, 0.3) is 0 Å². The van der Waals surface area contributed by atoms with Gasteiger partial charge >= 0.3 is 0 Å². The Labute approximate surface area is 114 Å². The van der Waals surface area contributed by atoms with Crippen molar-refractivity contribution in [3.8, 4) is 0 Å². The Kier molecular flexibility index (Phi) is 3.75. The minimum Gasteiger partial charge on any atom is -0.367 e. The van der Waals surface area contributed by atoms with Gasteiger partial charge in [-0.15, -0.1) is 0 Å². The van der Waals surface area contributed by atoms with E-state index in [4.69, 9.17) is 0 Å². The van der Waals surface area contributed by atoms with E-state index >= 15 is 0 Å². The summed E-state index contributed by atoms with van der Waals surface area (Å²) in [4.78, 5) is 15.1. The minimum absolute atomic E-state index is 0.187. The first-order chi connectivity index (χ1) is 8.91. The van der Waals surface area contributed by atoms with E-state index in [1.54, 1.807) is 12.1 Å². The predicted octanol–water partition coefficient (Wildman–Crippen LogP) is 2.47. The van der Waals surface area contributed by atoms with Crippen LogP contribution < -0.4 is 4.90 Å². The fourth-order valence-corrected chi connectivity index (χ4v) is 2.66. The van der Waals surface area contributed by atoms with Gasteiger partial charge in [0.1, 0.15) is 0 Å². The quantitative estimate of drug-likeness (QED) is 0.618. The molecule has 1 aromatic carbocycles. The van der Waals surface area contributed by atoms with Crippen molar-refractivity contribution >= 4 is 11.4 Å². The van der Waals surface area contributed by atoms with Gasteiger partial charge in [-0.1, -0.05) is 6.92 Å². The first kappa shape index (κ1) is 13.8. The van der Waals surface area contributed by atoms with Crippen molar-refractivity contribution in [3.05, 3.63) is 33.9 Å². The van der Waals surface area contributed by atoms with E-state index in [-0.39, 0.29) is 10.6 Å². The standard InChI is InChI=1S/C14H21N3O2/c1-10-11(2)16(8-7-15(3)4)14-6-5-12(17(18)19)9-13(10)14/h5-6,9-11H,7-8H2,1-4H3. The van der Waals surface area contributed by atoms with Gasteiger partial charge < -0.3 is 9.80 Å². The number of non-ortho nitro benzene ring substituents is 1. The van der Waals surface area contributed by atoms with E-state index in [9.17, 15) is 10.1 Å². The number of anilines is 1. The van der Waals surface area contributed by atoms with Gasteiger partial charge in [0.25, 0.3) is 5.69 Å². The molecule has 0 aromatic heterocycles. The molecule has 5 heteroatoms. The molecule has 1 aromatic rings. The summed E-state index contributed by atoms with van der Waals surface area (Å²) in [5, 5.41) is 10.9. The molecule has 0 aliphatic carbocycles. The average molecular weight is 263 g/mol. The maximum Gasteiger partial charge on any atom is 0.269 e. The molecule has 104 valence electrons. The number of hydrogen-bond donors (Lipinski definition) is 0. The van der Waals surface area contributed by atoms with Gasteiger partial charge in [-0.25, -0.2) is 0 Å². The van der Waals surface area contributed by atoms with E-state index in [0.717, 1.165) is 24.3 Å². The molecule has 2 atom stereocenters. The third-order valence-electron chi connectivity index (χ3n) is 4.03. The molecule has 5 nitrogen and oxygen atoms in total. The zero-order chi connectivity index (χ0) is 14.2. The number of nitrogens with zero attached hydrogens (tertiary/aromatic N) is 3. The van der Waals surface area contributed by atoms with Crippen molar-refractivity contribution in [2.24, 2.45) is 0 Å². The Morgan fingerprint density at radius 1 is 1.37 bits per heavy atom. The van der Waals surface area contributed by atoms with Gasteiger partial charge in [-0.3, -0.25) is 10.1 Å². The summed E-state index contributed by atoms with van der Waals surface area (Å²) in [6.45, 7) is 6.26. The van der Waals surface area contributed by atoms with Crippen LogP contribution in [0.4, 0.5) is 11.4 Å².